The Balaban J connectivity index is 1.97. The average molecular weight is 276 g/mol. The predicted molar refractivity (Wildman–Crippen MR) is 85.6 cm³/mol. The number of fused-ring (bicyclic) bond motifs is 1. The van der Waals surface area contributed by atoms with Crippen molar-refractivity contribution in [2.45, 2.75) is 13.8 Å². The lowest BCUT2D eigenvalue weighted by Crippen LogP contribution is -2.14. The molecule has 0 aliphatic carbocycles. The molecule has 1 N–H and O–H groups in total. The molecule has 3 nitrogen and oxygen atoms in total. The number of benzene rings is 2. The minimum atomic E-state index is -0.182. The van der Waals surface area contributed by atoms with Crippen molar-refractivity contribution >= 4 is 22.4 Å². The molecule has 0 aliphatic rings. The maximum absolute atomic E-state index is 12.5. The highest BCUT2D eigenvalue weighted by atomic mass is 16.1. The molecule has 0 aliphatic heterocycles. The zero-order valence-electron chi connectivity index (χ0n) is 12.1. The third-order valence-electron chi connectivity index (χ3n) is 3.52. The Bertz CT molecular complexity index is 819. The van der Waals surface area contributed by atoms with E-state index in [1.165, 1.54) is 5.56 Å². The molecule has 21 heavy (non-hydrogen) atoms. The Labute approximate surface area is 123 Å². The number of nitrogens with one attached hydrogen (secondary N) is 1. The third kappa shape index (κ3) is 2.63. The van der Waals surface area contributed by atoms with E-state index in [9.17, 15) is 4.79 Å². The van der Waals surface area contributed by atoms with Crippen LogP contribution in [0.4, 0.5) is 5.69 Å². The number of pyridine rings is 1. The van der Waals surface area contributed by atoms with Gasteiger partial charge in [0.1, 0.15) is 5.69 Å². The van der Waals surface area contributed by atoms with E-state index in [1.807, 2.05) is 62.4 Å². The molecule has 0 spiro atoms. The van der Waals surface area contributed by atoms with Crippen molar-refractivity contribution in [1.82, 2.24) is 4.98 Å². The van der Waals surface area contributed by atoms with Crippen LogP contribution in [0.1, 0.15) is 21.6 Å². The number of nitrogens with zero attached hydrogens (tertiary/aromatic N) is 1. The average Bonchev–Trinajstić information content (AvgIpc) is 2.49. The van der Waals surface area contributed by atoms with Crippen LogP contribution in [-0.2, 0) is 0 Å². The quantitative estimate of drug-likeness (QED) is 0.765. The summed E-state index contributed by atoms with van der Waals surface area (Å²) in [6, 6.07) is 15.6. The molecule has 0 atom stereocenters. The number of rotatable bonds is 2. The van der Waals surface area contributed by atoms with Crippen molar-refractivity contribution in [2.75, 3.05) is 5.32 Å². The fourth-order valence-electron chi connectivity index (χ4n) is 2.44. The Morgan fingerprint density at radius 2 is 1.86 bits per heavy atom. The number of carbonyl (C=O) groups excluding carboxylic acids is 1. The second kappa shape index (κ2) is 5.37. The standard InChI is InChI=1S/C18H16N2O/c1-12-7-8-16(13(2)11-12)20-18(21)17-15-6-4-3-5-14(15)9-10-19-17/h3-11H,1-2H3,(H,20,21). The smallest absolute Gasteiger partial charge is 0.274 e. The van der Waals surface area contributed by atoms with Crippen molar-refractivity contribution in [3.05, 3.63) is 71.5 Å². The van der Waals surface area contributed by atoms with Crippen LogP contribution >= 0.6 is 0 Å². The van der Waals surface area contributed by atoms with Gasteiger partial charge < -0.3 is 5.32 Å². The molecule has 0 radical (unpaired) electrons. The first-order valence-corrected chi connectivity index (χ1v) is 6.87. The summed E-state index contributed by atoms with van der Waals surface area (Å²) in [5.74, 6) is -0.182. The molecule has 0 bridgehead atoms. The summed E-state index contributed by atoms with van der Waals surface area (Å²) >= 11 is 0. The number of amides is 1. The second-order valence-corrected chi connectivity index (χ2v) is 5.15. The van der Waals surface area contributed by atoms with Crippen molar-refractivity contribution in [2.24, 2.45) is 0 Å². The number of carbonyl (C=O) groups is 1. The largest absolute Gasteiger partial charge is 0.320 e. The van der Waals surface area contributed by atoms with Crippen LogP contribution < -0.4 is 5.32 Å². The molecule has 0 unspecified atom stereocenters. The molecular weight excluding hydrogens is 260 g/mol. The first-order chi connectivity index (χ1) is 10.1. The number of hydrogen-bond donors (Lipinski definition) is 1. The first kappa shape index (κ1) is 13.3. The molecule has 0 fully saturated rings. The highest BCUT2D eigenvalue weighted by molar-refractivity contribution is 6.11. The summed E-state index contributed by atoms with van der Waals surface area (Å²) in [4.78, 5) is 16.7. The van der Waals surface area contributed by atoms with Gasteiger partial charge in [-0.2, -0.15) is 0 Å². The number of aryl methyl sites for hydroxylation is 2. The number of anilines is 1. The van der Waals surface area contributed by atoms with Gasteiger partial charge in [-0.25, -0.2) is 0 Å². The molecule has 1 aromatic heterocycles. The summed E-state index contributed by atoms with van der Waals surface area (Å²) in [5.41, 5.74) is 3.49. The monoisotopic (exact) mass is 276 g/mol. The lowest BCUT2D eigenvalue weighted by molar-refractivity contribution is 0.102. The Morgan fingerprint density at radius 3 is 2.67 bits per heavy atom. The molecular formula is C18H16N2O. The second-order valence-electron chi connectivity index (χ2n) is 5.15. The van der Waals surface area contributed by atoms with Gasteiger partial charge in [-0.3, -0.25) is 9.78 Å². The van der Waals surface area contributed by atoms with Gasteiger partial charge in [0.15, 0.2) is 0 Å². The van der Waals surface area contributed by atoms with Gasteiger partial charge in [0.05, 0.1) is 0 Å². The van der Waals surface area contributed by atoms with Crippen LogP contribution in [0.15, 0.2) is 54.7 Å². The molecule has 3 heteroatoms. The molecule has 104 valence electrons. The first-order valence-electron chi connectivity index (χ1n) is 6.87. The van der Waals surface area contributed by atoms with Crippen molar-refractivity contribution in [3.63, 3.8) is 0 Å². The van der Waals surface area contributed by atoms with Gasteiger partial charge in [0, 0.05) is 17.3 Å². The van der Waals surface area contributed by atoms with Crippen LogP contribution in [0.2, 0.25) is 0 Å². The van der Waals surface area contributed by atoms with Gasteiger partial charge in [0.2, 0.25) is 0 Å². The minimum Gasteiger partial charge on any atom is -0.320 e. The summed E-state index contributed by atoms with van der Waals surface area (Å²) < 4.78 is 0. The number of aromatic nitrogens is 1. The fraction of sp³-hybridized carbons (Fsp3) is 0.111. The zero-order valence-corrected chi connectivity index (χ0v) is 12.1. The lowest BCUT2D eigenvalue weighted by Gasteiger charge is -2.10. The molecule has 1 heterocycles. The van der Waals surface area contributed by atoms with Crippen molar-refractivity contribution in [1.29, 1.82) is 0 Å². The van der Waals surface area contributed by atoms with Gasteiger partial charge in [-0.05, 0) is 36.9 Å². The van der Waals surface area contributed by atoms with Gasteiger partial charge in [-0.15, -0.1) is 0 Å². The van der Waals surface area contributed by atoms with Crippen molar-refractivity contribution < 1.29 is 4.79 Å². The lowest BCUT2D eigenvalue weighted by atomic mass is 10.1. The van der Waals surface area contributed by atoms with Crippen LogP contribution in [0, 0.1) is 13.8 Å². The Hall–Kier alpha value is -2.68. The highest BCUT2D eigenvalue weighted by Crippen LogP contribution is 2.20. The van der Waals surface area contributed by atoms with E-state index in [4.69, 9.17) is 0 Å². The molecule has 3 aromatic rings. The normalized spacial score (nSPS) is 10.6. The van der Waals surface area contributed by atoms with E-state index in [1.54, 1.807) is 6.20 Å². The van der Waals surface area contributed by atoms with Crippen molar-refractivity contribution in [3.8, 4) is 0 Å². The molecule has 0 saturated heterocycles. The Kier molecular flexibility index (Phi) is 3.40. The summed E-state index contributed by atoms with van der Waals surface area (Å²) in [6.07, 6.45) is 1.67. The zero-order chi connectivity index (χ0) is 14.8. The summed E-state index contributed by atoms with van der Waals surface area (Å²) in [5, 5.41) is 4.82. The summed E-state index contributed by atoms with van der Waals surface area (Å²) in [7, 11) is 0. The van der Waals surface area contributed by atoms with E-state index < -0.39 is 0 Å². The molecule has 3 rings (SSSR count). The van der Waals surface area contributed by atoms with Crippen LogP contribution in [0.5, 0.6) is 0 Å². The van der Waals surface area contributed by atoms with Crippen LogP contribution in [-0.4, -0.2) is 10.9 Å². The topological polar surface area (TPSA) is 42.0 Å². The van der Waals surface area contributed by atoms with E-state index in [2.05, 4.69) is 10.3 Å². The van der Waals surface area contributed by atoms with Crippen LogP contribution in [0.3, 0.4) is 0 Å². The third-order valence-corrected chi connectivity index (χ3v) is 3.52. The Morgan fingerprint density at radius 1 is 1.05 bits per heavy atom. The highest BCUT2D eigenvalue weighted by Gasteiger charge is 2.12. The molecule has 0 saturated carbocycles. The van der Waals surface area contributed by atoms with E-state index in [0.29, 0.717) is 5.69 Å². The van der Waals surface area contributed by atoms with E-state index in [-0.39, 0.29) is 5.91 Å². The van der Waals surface area contributed by atoms with E-state index >= 15 is 0 Å². The maximum Gasteiger partial charge on any atom is 0.274 e. The van der Waals surface area contributed by atoms with E-state index in [0.717, 1.165) is 22.0 Å². The van der Waals surface area contributed by atoms with Crippen LogP contribution in [0.25, 0.3) is 10.8 Å². The predicted octanol–water partition coefficient (Wildman–Crippen LogP) is 4.10. The fourth-order valence-corrected chi connectivity index (χ4v) is 2.44. The maximum atomic E-state index is 12.5. The number of hydrogen-bond acceptors (Lipinski definition) is 2. The SMILES string of the molecule is Cc1ccc(NC(=O)c2nccc3ccccc23)c(C)c1. The molecule has 2 aromatic carbocycles. The van der Waals surface area contributed by atoms with Gasteiger partial charge >= 0.3 is 0 Å². The van der Waals surface area contributed by atoms with Gasteiger partial charge in [0.25, 0.3) is 5.91 Å². The van der Waals surface area contributed by atoms with Gasteiger partial charge in [-0.1, -0.05) is 42.0 Å². The molecule has 1 amide bonds. The minimum absolute atomic E-state index is 0.182. The summed E-state index contributed by atoms with van der Waals surface area (Å²) in [6.45, 7) is 4.02.